The van der Waals surface area contributed by atoms with E-state index in [2.05, 4.69) is 5.48 Å². The molecule has 1 N–H and O–H groups in total. The number of fused-ring (bicyclic) bond motifs is 1. The van der Waals surface area contributed by atoms with E-state index in [-0.39, 0.29) is 11.8 Å². The summed E-state index contributed by atoms with van der Waals surface area (Å²) in [6, 6.07) is 7.97. The van der Waals surface area contributed by atoms with Crippen molar-refractivity contribution in [3.05, 3.63) is 35.4 Å². The molecule has 1 aromatic carbocycles. The second-order valence-electron chi connectivity index (χ2n) is 3.76. The molecule has 0 spiro atoms. The van der Waals surface area contributed by atoms with Gasteiger partial charge in [0.2, 0.25) is 0 Å². The molecule has 0 bridgehead atoms. The van der Waals surface area contributed by atoms with Crippen LogP contribution in [0.5, 0.6) is 0 Å². The van der Waals surface area contributed by atoms with Crippen molar-refractivity contribution >= 4 is 5.91 Å². The van der Waals surface area contributed by atoms with E-state index in [4.69, 9.17) is 9.57 Å². The van der Waals surface area contributed by atoms with Crippen molar-refractivity contribution in [3.8, 4) is 0 Å². The Bertz CT molecular complexity index is 378. The second kappa shape index (κ2) is 5.09. The van der Waals surface area contributed by atoms with E-state index in [0.29, 0.717) is 13.2 Å². The summed E-state index contributed by atoms with van der Waals surface area (Å²) in [5.41, 5.74) is 4.80. The zero-order valence-corrected chi connectivity index (χ0v) is 9.23. The van der Waals surface area contributed by atoms with Crippen molar-refractivity contribution < 1.29 is 14.4 Å². The zero-order chi connectivity index (χ0) is 11.4. The van der Waals surface area contributed by atoms with Gasteiger partial charge in [0.25, 0.3) is 5.91 Å². The van der Waals surface area contributed by atoms with Gasteiger partial charge in [0, 0.05) is 7.11 Å². The molecule has 0 saturated heterocycles. The van der Waals surface area contributed by atoms with Crippen molar-refractivity contribution in [2.45, 2.75) is 12.3 Å². The van der Waals surface area contributed by atoms with Gasteiger partial charge in [-0.25, -0.2) is 5.48 Å². The highest BCUT2D eigenvalue weighted by atomic mass is 16.7. The van der Waals surface area contributed by atoms with Gasteiger partial charge < -0.3 is 4.74 Å². The molecule has 1 atom stereocenters. The van der Waals surface area contributed by atoms with Crippen LogP contribution in [-0.2, 0) is 20.8 Å². The van der Waals surface area contributed by atoms with Crippen LogP contribution in [0.4, 0.5) is 0 Å². The predicted octanol–water partition coefficient (Wildman–Crippen LogP) is 1.02. The van der Waals surface area contributed by atoms with Crippen molar-refractivity contribution in [3.63, 3.8) is 0 Å². The van der Waals surface area contributed by atoms with Crippen molar-refractivity contribution in [2.75, 3.05) is 20.3 Å². The van der Waals surface area contributed by atoms with Gasteiger partial charge >= 0.3 is 0 Å². The zero-order valence-electron chi connectivity index (χ0n) is 9.23. The molecule has 1 aliphatic rings. The Hall–Kier alpha value is -1.39. The van der Waals surface area contributed by atoms with Gasteiger partial charge in [-0.2, -0.15) is 0 Å². The average molecular weight is 221 g/mol. The van der Waals surface area contributed by atoms with Gasteiger partial charge in [-0.15, -0.1) is 0 Å². The first-order valence-corrected chi connectivity index (χ1v) is 5.31. The van der Waals surface area contributed by atoms with Gasteiger partial charge in [-0.1, -0.05) is 24.3 Å². The fraction of sp³-hybridized carbons (Fsp3) is 0.417. The second-order valence-corrected chi connectivity index (χ2v) is 3.76. The highest BCUT2D eigenvalue weighted by Crippen LogP contribution is 2.34. The Balaban J connectivity index is 1.80. The monoisotopic (exact) mass is 221 g/mol. The molecule has 0 saturated carbocycles. The van der Waals surface area contributed by atoms with E-state index in [1.165, 1.54) is 5.56 Å². The summed E-state index contributed by atoms with van der Waals surface area (Å²) in [5, 5.41) is 0. The maximum Gasteiger partial charge on any atom is 0.251 e. The minimum Gasteiger partial charge on any atom is -0.382 e. The Labute approximate surface area is 94.5 Å². The van der Waals surface area contributed by atoms with Crippen LogP contribution in [0.15, 0.2) is 24.3 Å². The van der Waals surface area contributed by atoms with Gasteiger partial charge in [0.05, 0.1) is 19.1 Å². The van der Waals surface area contributed by atoms with Crippen LogP contribution in [0.25, 0.3) is 0 Å². The first kappa shape index (κ1) is 11.1. The third-order valence-electron chi connectivity index (χ3n) is 2.73. The fourth-order valence-electron chi connectivity index (χ4n) is 1.81. The summed E-state index contributed by atoms with van der Waals surface area (Å²) in [4.78, 5) is 16.7. The lowest BCUT2D eigenvalue weighted by Crippen LogP contribution is -2.36. The Morgan fingerprint density at radius 1 is 1.44 bits per heavy atom. The highest BCUT2D eigenvalue weighted by Gasteiger charge is 2.31. The molecular weight excluding hydrogens is 206 g/mol. The van der Waals surface area contributed by atoms with E-state index in [1.807, 2.05) is 24.3 Å². The molecule has 4 heteroatoms. The third-order valence-corrected chi connectivity index (χ3v) is 2.73. The first-order chi connectivity index (χ1) is 7.83. The summed E-state index contributed by atoms with van der Waals surface area (Å²) in [6.07, 6.45) is 0.801. The predicted molar refractivity (Wildman–Crippen MR) is 58.9 cm³/mol. The molecule has 0 aromatic heterocycles. The van der Waals surface area contributed by atoms with Crippen molar-refractivity contribution in [1.82, 2.24) is 5.48 Å². The minimum atomic E-state index is -0.0743. The molecule has 4 nitrogen and oxygen atoms in total. The summed E-state index contributed by atoms with van der Waals surface area (Å²) >= 11 is 0. The lowest BCUT2D eigenvalue weighted by atomic mass is 9.77. The van der Waals surface area contributed by atoms with Crippen molar-refractivity contribution in [2.24, 2.45) is 0 Å². The Morgan fingerprint density at radius 2 is 2.25 bits per heavy atom. The lowest BCUT2D eigenvalue weighted by molar-refractivity contribution is -0.136. The number of ether oxygens (including phenoxy) is 1. The smallest absolute Gasteiger partial charge is 0.251 e. The number of carbonyl (C=O) groups excluding carboxylic acids is 1. The summed E-state index contributed by atoms with van der Waals surface area (Å²) < 4.78 is 4.80. The molecule has 0 heterocycles. The molecule has 1 aromatic rings. The van der Waals surface area contributed by atoms with Crippen LogP contribution in [0.3, 0.4) is 0 Å². The van der Waals surface area contributed by atoms with E-state index >= 15 is 0 Å². The van der Waals surface area contributed by atoms with E-state index < -0.39 is 0 Å². The maximum absolute atomic E-state index is 11.7. The molecule has 0 fully saturated rings. The molecule has 86 valence electrons. The van der Waals surface area contributed by atoms with Crippen LogP contribution >= 0.6 is 0 Å². The quantitative estimate of drug-likeness (QED) is 0.596. The normalized spacial score (nSPS) is 17.4. The summed E-state index contributed by atoms with van der Waals surface area (Å²) in [7, 11) is 1.59. The van der Waals surface area contributed by atoms with Gasteiger partial charge in [0.15, 0.2) is 0 Å². The van der Waals surface area contributed by atoms with Gasteiger partial charge in [0.1, 0.15) is 0 Å². The molecular formula is C12H15NO3. The number of hydroxylamine groups is 1. The van der Waals surface area contributed by atoms with Crippen LogP contribution in [0.2, 0.25) is 0 Å². The molecule has 0 radical (unpaired) electrons. The fourth-order valence-corrected chi connectivity index (χ4v) is 1.81. The number of hydrogen-bond acceptors (Lipinski definition) is 3. The van der Waals surface area contributed by atoms with Crippen LogP contribution in [0.1, 0.15) is 17.0 Å². The number of benzene rings is 1. The van der Waals surface area contributed by atoms with Crippen molar-refractivity contribution in [1.29, 1.82) is 0 Å². The van der Waals surface area contributed by atoms with Crippen LogP contribution in [-0.4, -0.2) is 26.2 Å². The average Bonchev–Trinajstić information content (AvgIpc) is 2.26. The van der Waals surface area contributed by atoms with Gasteiger partial charge in [-0.05, 0) is 17.5 Å². The van der Waals surface area contributed by atoms with Crippen LogP contribution in [0, 0.1) is 0 Å². The standard InChI is InChI=1S/C12H15NO3/c1-15-6-7-16-13-12(14)11-8-9-4-2-3-5-10(9)11/h2-5,11H,6-8H2,1H3,(H,13,14). The first-order valence-electron chi connectivity index (χ1n) is 5.31. The molecule has 0 aliphatic heterocycles. The molecule has 1 aliphatic carbocycles. The van der Waals surface area contributed by atoms with E-state index in [9.17, 15) is 4.79 Å². The number of carbonyl (C=O) groups is 1. The number of rotatable bonds is 5. The molecule has 1 amide bonds. The minimum absolute atomic E-state index is 0.0567. The van der Waals surface area contributed by atoms with Crippen LogP contribution < -0.4 is 5.48 Å². The number of methoxy groups -OCH3 is 1. The Morgan fingerprint density at radius 3 is 3.00 bits per heavy atom. The summed E-state index contributed by atoms with van der Waals surface area (Å²) in [6.45, 7) is 0.845. The largest absolute Gasteiger partial charge is 0.382 e. The molecule has 1 unspecified atom stereocenters. The maximum atomic E-state index is 11.7. The third kappa shape index (κ3) is 2.23. The topological polar surface area (TPSA) is 47.6 Å². The lowest BCUT2D eigenvalue weighted by Gasteiger charge is -2.28. The van der Waals surface area contributed by atoms with Gasteiger partial charge in [-0.3, -0.25) is 9.63 Å². The SMILES string of the molecule is COCCONC(=O)C1Cc2ccccc21. The highest BCUT2D eigenvalue weighted by molar-refractivity contribution is 5.86. The van der Waals surface area contributed by atoms with E-state index in [1.54, 1.807) is 7.11 Å². The molecule has 2 rings (SSSR count). The number of nitrogens with one attached hydrogen (secondary N) is 1. The summed E-state index contributed by atoms with van der Waals surface area (Å²) in [5.74, 6) is -0.131. The number of hydrogen-bond donors (Lipinski definition) is 1. The molecule has 16 heavy (non-hydrogen) atoms. The number of amides is 1. The Kier molecular flexibility index (Phi) is 3.54. The van der Waals surface area contributed by atoms with E-state index in [0.717, 1.165) is 12.0 Å².